The van der Waals surface area contributed by atoms with Crippen LogP contribution in [-0.2, 0) is 16.0 Å². The molecule has 1 heterocycles. The number of nitrogens with one attached hydrogen (secondary N) is 2. The van der Waals surface area contributed by atoms with E-state index in [0.29, 0.717) is 17.8 Å². The molecule has 0 bridgehead atoms. The number of amides is 2. The summed E-state index contributed by atoms with van der Waals surface area (Å²) in [7, 11) is 0. The third-order valence-corrected chi connectivity index (χ3v) is 2.97. The third kappa shape index (κ3) is 3.01. The molecule has 8 heteroatoms. The molecule has 1 aliphatic rings. The Kier molecular flexibility index (Phi) is 3.56. The van der Waals surface area contributed by atoms with Gasteiger partial charge in [0.2, 0.25) is 5.91 Å². The van der Waals surface area contributed by atoms with E-state index in [1.807, 2.05) is 0 Å². The monoisotopic (exact) mass is 287 g/mol. The minimum Gasteiger partial charge on any atom is -0.399 e. The van der Waals surface area contributed by atoms with E-state index in [0.717, 1.165) is 5.56 Å². The van der Waals surface area contributed by atoms with Gasteiger partial charge in [-0.25, -0.2) is 0 Å². The number of aryl methyl sites for hydroxylation is 1. The van der Waals surface area contributed by atoms with Gasteiger partial charge in [-0.15, -0.1) is 0 Å². The second-order valence-corrected chi connectivity index (χ2v) is 4.47. The van der Waals surface area contributed by atoms with E-state index in [4.69, 9.17) is 5.73 Å². The molecule has 20 heavy (non-hydrogen) atoms. The first-order valence-electron chi connectivity index (χ1n) is 5.84. The average Bonchev–Trinajstić information content (AvgIpc) is 2.48. The van der Waals surface area contributed by atoms with Crippen LogP contribution in [0.1, 0.15) is 12.0 Å². The van der Waals surface area contributed by atoms with Gasteiger partial charge in [-0.2, -0.15) is 13.2 Å². The molecule has 108 valence electrons. The van der Waals surface area contributed by atoms with Gasteiger partial charge in [0, 0.05) is 11.4 Å². The maximum atomic E-state index is 12.2. The molecule has 5 nitrogen and oxygen atoms in total. The summed E-state index contributed by atoms with van der Waals surface area (Å²) in [5.74, 6) is -2.81. The van der Waals surface area contributed by atoms with Crippen LogP contribution in [0.3, 0.4) is 0 Å². The number of alkyl halides is 3. The van der Waals surface area contributed by atoms with Crippen LogP contribution < -0.4 is 16.4 Å². The van der Waals surface area contributed by atoms with E-state index in [-0.39, 0.29) is 6.42 Å². The third-order valence-electron chi connectivity index (χ3n) is 2.97. The zero-order chi connectivity index (χ0) is 14.9. The molecule has 2 rings (SSSR count). The molecule has 0 saturated carbocycles. The van der Waals surface area contributed by atoms with Gasteiger partial charge in [0.05, 0.1) is 0 Å². The van der Waals surface area contributed by atoms with Crippen LogP contribution in [0.25, 0.3) is 0 Å². The SMILES string of the molecule is Nc1ccc2c(c1)NC(=O)C(NC(=O)C(F)(F)F)CC2. The molecule has 1 aliphatic heterocycles. The number of anilines is 2. The van der Waals surface area contributed by atoms with Crippen molar-refractivity contribution >= 4 is 23.2 Å². The Labute approximate surface area is 112 Å². The highest BCUT2D eigenvalue weighted by Gasteiger charge is 2.41. The lowest BCUT2D eigenvalue weighted by atomic mass is 10.1. The lowest BCUT2D eigenvalue weighted by Crippen LogP contribution is -2.48. The molecule has 1 atom stereocenters. The van der Waals surface area contributed by atoms with Gasteiger partial charge in [-0.1, -0.05) is 6.07 Å². The molecule has 2 amide bonds. The number of hydrogen-bond donors (Lipinski definition) is 3. The zero-order valence-corrected chi connectivity index (χ0v) is 10.3. The Hall–Kier alpha value is -2.25. The second kappa shape index (κ2) is 5.03. The maximum Gasteiger partial charge on any atom is 0.471 e. The summed E-state index contributed by atoms with van der Waals surface area (Å²) < 4.78 is 36.6. The van der Waals surface area contributed by atoms with Crippen molar-refractivity contribution in [1.82, 2.24) is 5.32 Å². The molecule has 0 fully saturated rings. The van der Waals surface area contributed by atoms with Crippen molar-refractivity contribution in [3.63, 3.8) is 0 Å². The number of nitrogen functional groups attached to an aromatic ring is 1. The predicted molar refractivity (Wildman–Crippen MR) is 65.8 cm³/mol. The van der Waals surface area contributed by atoms with Crippen LogP contribution in [0.5, 0.6) is 0 Å². The fourth-order valence-electron chi connectivity index (χ4n) is 1.96. The number of rotatable bonds is 1. The Morgan fingerprint density at radius 2 is 2.10 bits per heavy atom. The van der Waals surface area contributed by atoms with Crippen LogP contribution in [0.15, 0.2) is 18.2 Å². The number of benzene rings is 1. The number of hydrogen-bond acceptors (Lipinski definition) is 3. The van der Waals surface area contributed by atoms with Gasteiger partial charge in [0.25, 0.3) is 0 Å². The number of carbonyl (C=O) groups is 2. The van der Waals surface area contributed by atoms with Crippen LogP contribution >= 0.6 is 0 Å². The minimum atomic E-state index is -5.01. The van der Waals surface area contributed by atoms with Crippen molar-refractivity contribution in [2.24, 2.45) is 0 Å². The lowest BCUT2D eigenvalue weighted by molar-refractivity contribution is -0.174. The largest absolute Gasteiger partial charge is 0.471 e. The first-order valence-corrected chi connectivity index (χ1v) is 5.84. The van der Waals surface area contributed by atoms with Crippen LogP contribution in [0, 0.1) is 0 Å². The van der Waals surface area contributed by atoms with Gasteiger partial charge in [-0.3, -0.25) is 9.59 Å². The number of halogens is 3. The highest BCUT2D eigenvalue weighted by Crippen LogP contribution is 2.25. The topological polar surface area (TPSA) is 84.2 Å². The molecule has 0 saturated heterocycles. The molecule has 4 N–H and O–H groups in total. The van der Waals surface area contributed by atoms with Gasteiger partial charge < -0.3 is 16.4 Å². The molecule has 0 radical (unpaired) electrons. The quantitative estimate of drug-likeness (QED) is 0.679. The highest BCUT2D eigenvalue weighted by molar-refractivity contribution is 5.99. The van der Waals surface area contributed by atoms with Gasteiger partial charge in [-0.05, 0) is 30.5 Å². The van der Waals surface area contributed by atoms with Crippen molar-refractivity contribution in [2.45, 2.75) is 25.1 Å². The van der Waals surface area contributed by atoms with Gasteiger partial charge >= 0.3 is 12.1 Å². The lowest BCUT2D eigenvalue weighted by Gasteiger charge is -2.16. The standard InChI is InChI=1S/C12H12F3N3O2/c13-12(14,15)11(20)18-8-4-2-6-1-3-7(16)5-9(6)17-10(8)19/h1,3,5,8H,2,4,16H2,(H,17,19)(H,18,20). The summed E-state index contributed by atoms with van der Waals surface area (Å²) in [6.45, 7) is 0. The van der Waals surface area contributed by atoms with Crippen molar-refractivity contribution in [1.29, 1.82) is 0 Å². The Bertz CT molecular complexity index is 557. The average molecular weight is 287 g/mol. The molecule has 1 unspecified atom stereocenters. The Morgan fingerprint density at radius 1 is 1.40 bits per heavy atom. The van der Waals surface area contributed by atoms with Crippen LogP contribution in [0.4, 0.5) is 24.5 Å². The molecule has 1 aromatic rings. The van der Waals surface area contributed by atoms with E-state index in [1.165, 1.54) is 6.07 Å². The Morgan fingerprint density at radius 3 is 2.75 bits per heavy atom. The molecule has 0 aromatic heterocycles. The van der Waals surface area contributed by atoms with Crippen molar-refractivity contribution in [3.05, 3.63) is 23.8 Å². The van der Waals surface area contributed by atoms with E-state index < -0.39 is 24.0 Å². The minimum absolute atomic E-state index is 0.0879. The van der Waals surface area contributed by atoms with E-state index in [1.54, 1.807) is 17.4 Å². The van der Waals surface area contributed by atoms with Crippen LogP contribution in [0.2, 0.25) is 0 Å². The summed E-state index contributed by atoms with van der Waals surface area (Å²) >= 11 is 0. The van der Waals surface area contributed by atoms with Crippen molar-refractivity contribution in [3.8, 4) is 0 Å². The Balaban J connectivity index is 2.14. The summed E-state index contributed by atoms with van der Waals surface area (Å²) in [6.07, 6.45) is -4.56. The summed E-state index contributed by atoms with van der Waals surface area (Å²) in [6, 6.07) is 3.64. The zero-order valence-electron chi connectivity index (χ0n) is 10.3. The first-order chi connectivity index (χ1) is 9.27. The first kappa shape index (κ1) is 14.2. The summed E-state index contributed by atoms with van der Waals surface area (Å²) in [5, 5.41) is 4.16. The number of carbonyl (C=O) groups excluding carboxylic acids is 2. The molecule has 0 aliphatic carbocycles. The highest BCUT2D eigenvalue weighted by atomic mass is 19.4. The van der Waals surface area contributed by atoms with Gasteiger partial charge in [0.1, 0.15) is 6.04 Å². The van der Waals surface area contributed by atoms with Crippen LogP contribution in [-0.4, -0.2) is 24.0 Å². The molecular weight excluding hydrogens is 275 g/mol. The molecule has 0 spiro atoms. The molecule has 1 aromatic carbocycles. The normalized spacial score (nSPS) is 18.8. The van der Waals surface area contributed by atoms with E-state index >= 15 is 0 Å². The van der Waals surface area contributed by atoms with Crippen molar-refractivity contribution < 1.29 is 22.8 Å². The summed E-state index contributed by atoms with van der Waals surface area (Å²) in [4.78, 5) is 22.7. The number of nitrogens with two attached hydrogens (primary N) is 1. The second-order valence-electron chi connectivity index (χ2n) is 4.47. The predicted octanol–water partition coefficient (Wildman–Crippen LogP) is 1.20. The fourth-order valence-corrected chi connectivity index (χ4v) is 1.96. The van der Waals surface area contributed by atoms with E-state index in [9.17, 15) is 22.8 Å². The number of fused-ring (bicyclic) bond motifs is 1. The smallest absolute Gasteiger partial charge is 0.399 e. The van der Waals surface area contributed by atoms with Crippen molar-refractivity contribution in [2.75, 3.05) is 11.1 Å². The fraction of sp³-hybridized carbons (Fsp3) is 0.333. The summed E-state index contributed by atoms with van der Waals surface area (Å²) in [5.41, 5.74) is 7.23. The maximum absolute atomic E-state index is 12.2. The molecular formula is C12H12F3N3O2. The van der Waals surface area contributed by atoms with Gasteiger partial charge in [0.15, 0.2) is 0 Å². The van der Waals surface area contributed by atoms with E-state index in [2.05, 4.69) is 5.32 Å².